The van der Waals surface area contributed by atoms with Crippen LogP contribution in [0.1, 0.15) is 31.4 Å². The van der Waals surface area contributed by atoms with Crippen LogP contribution in [-0.2, 0) is 27.8 Å². The van der Waals surface area contributed by atoms with E-state index in [-0.39, 0.29) is 18.5 Å². The number of sulfonamides is 1. The molecule has 0 aromatic heterocycles. The van der Waals surface area contributed by atoms with Gasteiger partial charge < -0.3 is 4.90 Å². The number of fused-ring (bicyclic) bond motifs is 1. The summed E-state index contributed by atoms with van der Waals surface area (Å²) in [4.78, 5) is 14.3. The molecule has 1 aromatic carbocycles. The van der Waals surface area contributed by atoms with E-state index >= 15 is 0 Å². The van der Waals surface area contributed by atoms with Gasteiger partial charge in [0.1, 0.15) is 0 Å². The zero-order valence-corrected chi connectivity index (χ0v) is 14.3. The number of nitrogens with zero attached hydrogens (tertiary/aromatic N) is 2. The topological polar surface area (TPSA) is 57.7 Å². The van der Waals surface area contributed by atoms with Gasteiger partial charge in [0.05, 0.1) is 12.8 Å². The van der Waals surface area contributed by atoms with Crippen molar-refractivity contribution in [2.75, 3.05) is 19.3 Å². The number of hydrogen-bond donors (Lipinski definition) is 0. The Balaban J connectivity index is 2.09. The van der Waals surface area contributed by atoms with Gasteiger partial charge in [-0.15, -0.1) is 0 Å². The van der Waals surface area contributed by atoms with Crippen LogP contribution < -0.4 is 0 Å². The number of benzene rings is 1. The SMILES string of the molecule is CCC(C)N(CC(=O)N1CCc2ccccc2C1)S(C)(=O)=O. The Morgan fingerprint density at radius 1 is 1.32 bits per heavy atom. The molecule has 0 saturated carbocycles. The fourth-order valence-electron chi connectivity index (χ4n) is 2.75. The second kappa shape index (κ2) is 6.79. The second-order valence-electron chi connectivity index (χ2n) is 5.90. The van der Waals surface area contributed by atoms with Crippen LogP contribution in [-0.4, -0.2) is 48.9 Å². The van der Waals surface area contributed by atoms with E-state index < -0.39 is 10.0 Å². The molecule has 0 fully saturated rings. The van der Waals surface area contributed by atoms with Gasteiger partial charge >= 0.3 is 0 Å². The molecule has 0 saturated heterocycles. The van der Waals surface area contributed by atoms with Crippen LogP contribution in [0.2, 0.25) is 0 Å². The van der Waals surface area contributed by atoms with E-state index in [1.807, 2.05) is 32.0 Å². The third kappa shape index (κ3) is 3.87. The van der Waals surface area contributed by atoms with E-state index in [4.69, 9.17) is 0 Å². The maximum atomic E-state index is 12.5. The van der Waals surface area contributed by atoms with E-state index in [1.165, 1.54) is 9.87 Å². The molecule has 122 valence electrons. The van der Waals surface area contributed by atoms with Crippen LogP contribution in [0.4, 0.5) is 0 Å². The van der Waals surface area contributed by atoms with Gasteiger partial charge in [0.25, 0.3) is 0 Å². The molecule has 22 heavy (non-hydrogen) atoms. The number of rotatable bonds is 5. The fourth-order valence-corrected chi connectivity index (χ4v) is 3.89. The number of carbonyl (C=O) groups is 1. The molecule has 0 N–H and O–H groups in total. The molecule has 1 atom stereocenters. The first-order valence-corrected chi connectivity index (χ1v) is 9.49. The van der Waals surface area contributed by atoms with Crippen LogP contribution in [0.3, 0.4) is 0 Å². The zero-order valence-electron chi connectivity index (χ0n) is 13.4. The minimum atomic E-state index is -3.38. The number of hydrogen-bond acceptors (Lipinski definition) is 3. The summed E-state index contributed by atoms with van der Waals surface area (Å²) in [6.07, 6.45) is 2.67. The van der Waals surface area contributed by atoms with Gasteiger partial charge in [0.15, 0.2) is 0 Å². The zero-order chi connectivity index (χ0) is 16.3. The first-order valence-electron chi connectivity index (χ1n) is 7.64. The van der Waals surface area contributed by atoms with E-state index in [2.05, 4.69) is 6.07 Å². The Labute approximate surface area is 133 Å². The predicted molar refractivity (Wildman–Crippen MR) is 86.9 cm³/mol. The first-order chi connectivity index (χ1) is 10.3. The van der Waals surface area contributed by atoms with Crippen molar-refractivity contribution in [2.24, 2.45) is 0 Å². The molecule has 1 aliphatic rings. The highest BCUT2D eigenvalue weighted by molar-refractivity contribution is 7.88. The highest BCUT2D eigenvalue weighted by atomic mass is 32.2. The maximum absolute atomic E-state index is 12.5. The van der Waals surface area contributed by atoms with E-state index in [0.717, 1.165) is 18.2 Å². The van der Waals surface area contributed by atoms with Gasteiger partial charge in [0, 0.05) is 19.1 Å². The van der Waals surface area contributed by atoms with Crippen molar-refractivity contribution in [1.82, 2.24) is 9.21 Å². The summed E-state index contributed by atoms with van der Waals surface area (Å²) in [6.45, 7) is 4.89. The summed E-state index contributed by atoms with van der Waals surface area (Å²) < 4.78 is 25.1. The number of amides is 1. The largest absolute Gasteiger partial charge is 0.337 e. The standard InChI is InChI=1S/C16H24N2O3S/c1-4-13(2)18(22(3,20)21)12-16(19)17-10-9-14-7-5-6-8-15(14)11-17/h5-8,13H,4,9-12H2,1-3H3. The fraction of sp³-hybridized carbons (Fsp3) is 0.562. The third-order valence-corrected chi connectivity index (χ3v) is 5.62. The Morgan fingerprint density at radius 3 is 2.55 bits per heavy atom. The van der Waals surface area contributed by atoms with Crippen LogP contribution in [0.15, 0.2) is 24.3 Å². The summed E-state index contributed by atoms with van der Waals surface area (Å²) >= 11 is 0. The summed E-state index contributed by atoms with van der Waals surface area (Å²) in [5, 5.41) is 0. The average Bonchev–Trinajstić information content (AvgIpc) is 2.50. The van der Waals surface area contributed by atoms with Crippen LogP contribution in [0.25, 0.3) is 0 Å². The molecule has 1 unspecified atom stereocenters. The van der Waals surface area contributed by atoms with Crippen LogP contribution in [0, 0.1) is 0 Å². The minimum absolute atomic E-state index is 0.0734. The van der Waals surface area contributed by atoms with E-state index in [1.54, 1.807) is 4.90 Å². The van der Waals surface area contributed by atoms with Gasteiger partial charge in [-0.3, -0.25) is 4.79 Å². The van der Waals surface area contributed by atoms with Gasteiger partial charge in [0.2, 0.25) is 15.9 Å². The minimum Gasteiger partial charge on any atom is -0.337 e. The van der Waals surface area contributed by atoms with Crippen molar-refractivity contribution in [3.05, 3.63) is 35.4 Å². The summed E-state index contributed by atoms with van der Waals surface area (Å²) in [6, 6.07) is 7.91. The van der Waals surface area contributed by atoms with Crippen LogP contribution in [0.5, 0.6) is 0 Å². The molecule has 1 amide bonds. The Morgan fingerprint density at radius 2 is 1.95 bits per heavy atom. The lowest BCUT2D eigenvalue weighted by Crippen LogP contribution is -2.47. The molecule has 1 heterocycles. The average molecular weight is 324 g/mol. The smallest absolute Gasteiger partial charge is 0.238 e. The van der Waals surface area contributed by atoms with E-state index in [0.29, 0.717) is 19.5 Å². The van der Waals surface area contributed by atoms with Gasteiger partial charge in [-0.1, -0.05) is 31.2 Å². The molecule has 0 radical (unpaired) electrons. The molecule has 5 nitrogen and oxygen atoms in total. The molecule has 0 aliphatic carbocycles. The van der Waals surface area contributed by atoms with Gasteiger partial charge in [-0.2, -0.15) is 4.31 Å². The molecule has 1 aliphatic heterocycles. The first kappa shape index (κ1) is 17.0. The van der Waals surface area contributed by atoms with Crippen molar-refractivity contribution >= 4 is 15.9 Å². The van der Waals surface area contributed by atoms with Gasteiger partial charge in [-0.05, 0) is 30.9 Å². The maximum Gasteiger partial charge on any atom is 0.238 e. The molecule has 6 heteroatoms. The molecule has 0 bridgehead atoms. The van der Waals surface area contributed by atoms with Crippen LogP contribution >= 0.6 is 0 Å². The summed E-state index contributed by atoms with van der Waals surface area (Å²) in [5.74, 6) is -0.125. The molecule has 2 rings (SSSR count). The van der Waals surface area contributed by atoms with Crippen molar-refractivity contribution in [1.29, 1.82) is 0 Å². The molecule has 1 aromatic rings. The van der Waals surface area contributed by atoms with Crippen molar-refractivity contribution < 1.29 is 13.2 Å². The summed E-state index contributed by atoms with van der Waals surface area (Å²) in [5.41, 5.74) is 2.42. The molecule has 0 spiro atoms. The Kier molecular flexibility index (Phi) is 5.24. The predicted octanol–water partition coefficient (Wildman–Crippen LogP) is 1.63. The summed E-state index contributed by atoms with van der Waals surface area (Å²) in [7, 11) is -3.38. The van der Waals surface area contributed by atoms with Crippen molar-refractivity contribution in [2.45, 2.75) is 39.3 Å². The van der Waals surface area contributed by atoms with E-state index in [9.17, 15) is 13.2 Å². The van der Waals surface area contributed by atoms with Gasteiger partial charge in [-0.25, -0.2) is 8.42 Å². The Hall–Kier alpha value is -1.40. The highest BCUT2D eigenvalue weighted by Crippen LogP contribution is 2.19. The lowest BCUT2D eigenvalue weighted by molar-refractivity contribution is -0.132. The third-order valence-electron chi connectivity index (χ3n) is 4.28. The second-order valence-corrected chi connectivity index (χ2v) is 7.83. The molecular formula is C16H24N2O3S. The number of carbonyl (C=O) groups excluding carboxylic acids is 1. The normalized spacial score (nSPS) is 16.5. The van der Waals surface area contributed by atoms with Crippen molar-refractivity contribution in [3.8, 4) is 0 Å². The Bertz CT molecular complexity index is 643. The quantitative estimate of drug-likeness (QED) is 0.827. The monoisotopic (exact) mass is 324 g/mol. The lowest BCUT2D eigenvalue weighted by atomic mass is 10.00. The molecular weight excluding hydrogens is 300 g/mol. The highest BCUT2D eigenvalue weighted by Gasteiger charge is 2.28. The van der Waals surface area contributed by atoms with Crippen molar-refractivity contribution in [3.63, 3.8) is 0 Å². The lowest BCUT2D eigenvalue weighted by Gasteiger charge is -2.32.